The van der Waals surface area contributed by atoms with E-state index in [2.05, 4.69) is 10.2 Å². The fraction of sp³-hybridized carbons (Fsp3) is 0.267. The molecule has 3 rings (SSSR count). The van der Waals surface area contributed by atoms with Gasteiger partial charge in [0.15, 0.2) is 5.75 Å². The van der Waals surface area contributed by atoms with E-state index in [1.807, 2.05) is 18.2 Å². The number of ether oxygens (including phenoxy) is 2. The van der Waals surface area contributed by atoms with Crippen LogP contribution in [0.3, 0.4) is 0 Å². The van der Waals surface area contributed by atoms with Gasteiger partial charge in [-0.15, -0.1) is 5.10 Å². The normalized spacial score (nSPS) is 13.8. The summed E-state index contributed by atoms with van der Waals surface area (Å²) in [6.45, 7) is 0. The Hall–Kier alpha value is -2.63. The van der Waals surface area contributed by atoms with Gasteiger partial charge in [0.25, 0.3) is 0 Å². The fourth-order valence-electron chi connectivity index (χ4n) is 2.14. The third-order valence-corrected chi connectivity index (χ3v) is 3.32. The molecule has 0 atom stereocenters. The molecule has 1 aromatic heterocycles. The van der Waals surface area contributed by atoms with Gasteiger partial charge >= 0.3 is 0 Å². The van der Waals surface area contributed by atoms with Crippen LogP contribution in [-0.4, -0.2) is 23.3 Å². The van der Waals surface area contributed by atoms with Gasteiger partial charge < -0.3 is 19.4 Å². The van der Waals surface area contributed by atoms with Crippen LogP contribution in [0.15, 0.2) is 30.5 Å². The van der Waals surface area contributed by atoms with Crippen LogP contribution in [0.25, 0.3) is 0 Å². The Labute approximate surface area is 121 Å². The molecule has 0 radical (unpaired) electrons. The molecule has 2 aromatic rings. The summed E-state index contributed by atoms with van der Waals surface area (Å²) in [5.74, 6) is -0.369. The number of hydrogen-bond acceptors (Lipinski definition) is 6. The number of aromatic carboxylic acids is 1. The third-order valence-electron chi connectivity index (χ3n) is 3.32. The van der Waals surface area contributed by atoms with E-state index < -0.39 is 5.97 Å². The lowest BCUT2D eigenvalue weighted by Gasteiger charge is -2.13. The second kappa shape index (κ2) is 5.40. The minimum atomic E-state index is -1.42. The van der Waals surface area contributed by atoms with E-state index in [0.717, 1.165) is 0 Å². The zero-order valence-electron chi connectivity index (χ0n) is 11.4. The van der Waals surface area contributed by atoms with E-state index in [1.54, 1.807) is 6.07 Å². The summed E-state index contributed by atoms with van der Waals surface area (Å²) in [5.41, 5.74) is 0.945. The first-order valence-electron chi connectivity index (χ1n) is 6.58. The number of carbonyl (C=O) groups is 1. The van der Waals surface area contributed by atoms with Crippen molar-refractivity contribution in [2.24, 2.45) is 0 Å². The van der Waals surface area contributed by atoms with Crippen LogP contribution in [0.2, 0.25) is 0 Å². The topological polar surface area (TPSA) is 84.4 Å². The Kier molecular flexibility index (Phi) is 3.43. The fourth-order valence-corrected chi connectivity index (χ4v) is 2.14. The first-order chi connectivity index (χ1) is 10.2. The second-order valence-corrected chi connectivity index (χ2v) is 4.83. The van der Waals surface area contributed by atoms with Crippen LogP contribution in [-0.2, 0) is 0 Å². The van der Waals surface area contributed by atoms with Crippen molar-refractivity contribution in [2.75, 3.05) is 7.11 Å². The van der Waals surface area contributed by atoms with E-state index in [0.29, 0.717) is 11.7 Å². The first-order valence-corrected chi connectivity index (χ1v) is 6.58. The molecular formula is C15H13N2O4-. The number of rotatable bonds is 5. The number of benzene rings is 1. The Morgan fingerprint density at radius 1 is 1.38 bits per heavy atom. The van der Waals surface area contributed by atoms with Crippen molar-refractivity contribution in [3.63, 3.8) is 0 Å². The predicted octanol–water partition coefficient (Wildman–Crippen LogP) is 1.52. The van der Waals surface area contributed by atoms with Crippen molar-refractivity contribution in [1.82, 2.24) is 10.2 Å². The summed E-state index contributed by atoms with van der Waals surface area (Å²) < 4.78 is 10.5. The standard InChI is InChI=1S/C15H14N2O4/c1-20-14-13(15(18)19)12(8-16-17-14)21-11-4-2-3-10(7-11)9-5-6-9/h2-4,7-9H,5-6H2,1H3,(H,18,19)/p-1. The number of methoxy groups -OCH3 is 1. The maximum absolute atomic E-state index is 11.2. The van der Waals surface area contributed by atoms with Gasteiger partial charge in [0.1, 0.15) is 11.3 Å². The summed E-state index contributed by atoms with van der Waals surface area (Å²) in [5, 5.41) is 18.5. The Morgan fingerprint density at radius 2 is 2.19 bits per heavy atom. The zero-order chi connectivity index (χ0) is 14.8. The van der Waals surface area contributed by atoms with Crippen molar-refractivity contribution >= 4 is 5.97 Å². The molecule has 1 aliphatic carbocycles. The number of carbonyl (C=O) groups excluding carboxylic acids is 1. The molecule has 0 bridgehead atoms. The smallest absolute Gasteiger partial charge is 0.246 e. The Bertz CT molecular complexity index is 683. The SMILES string of the molecule is COc1nncc(Oc2cccc(C3CC3)c2)c1C(=O)[O-]. The highest BCUT2D eigenvalue weighted by Crippen LogP contribution is 2.41. The summed E-state index contributed by atoms with van der Waals surface area (Å²) in [4.78, 5) is 11.2. The average molecular weight is 285 g/mol. The predicted molar refractivity (Wildman–Crippen MR) is 71.4 cm³/mol. The Balaban J connectivity index is 1.94. The molecule has 0 aliphatic heterocycles. The van der Waals surface area contributed by atoms with Crippen LogP contribution >= 0.6 is 0 Å². The molecule has 1 aliphatic rings. The molecule has 1 fully saturated rings. The molecule has 0 spiro atoms. The van der Waals surface area contributed by atoms with Crippen LogP contribution in [0.1, 0.15) is 34.7 Å². The van der Waals surface area contributed by atoms with Crippen molar-refractivity contribution in [2.45, 2.75) is 18.8 Å². The van der Waals surface area contributed by atoms with Gasteiger partial charge in [0.05, 0.1) is 19.3 Å². The molecule has 21 heavy (non-hydrogen) atoms. The molecule has 108 valence electrons. The van der Waals surface area contributed by atoms with Crippen molar-refractivity contribution < 1.29 is 19.4 Å². The molecule has 0 saturated heterocycles. The minimum absolute atomic E-state index is 0.0507. The minimum Gasteiger partial charge on any atom is -0.544 e. The number of carboxylic acids is 1. The molecule has 6 nitrogen and oxygen atoms in total. The van der Waals surface area contributed by atoms with Crippen molar-refractivity contribution in [3.05, 3.63) is 41.6 Å². The molecular weight excluding hydrogens is 272 g/mol. The Morgan fingerprint density at radius 3 is 2.86 bits per heavy atom. The molecule has 1 saturated carbocycles. The summed E-state index contributed by atoms with van der Waals surface area (Å²) in [6, 6.07) is 7.59. The third kappa shape index (κ3) is 2.79. The van der Waals surface area contributed by atoms with Crippen molar-refractivity contribution in [3.8, 4) is 17.4 Å². The highest BCUT2D eigenvalue weighted by atomic mass is 16.5. The lowest BCUT2D eigenvalue weighted by molar-refractivity contribution is -0.255. The van der Waals surface area contributed by atoms with E-state index >= 15 is 0 Å². The molecule has 0 N–H and O–H groups in total. The van der Waals surface area contributed by atoms with Gasteiger partial charge in [-0.2, -0.15) is 5.10 Å². The largest absolute Gasteiger partial charge is 0.544 e. The quantitative estimate of drug-likeness (QED) is 0.828. The van der Waals surface area contributed by atoms with E-state index in [4.69, 9.17) is 9.47 Å². The first kappa shape index (κ1) is 13.4. The molecule has 1 aromatic carbocycles. The molecule has 0 amide bonds. The molecule has 6 heteroatoms. The maximum Gasteiger partial charge on any atom is 0.246 e. The number of nitrogens with zero attached hydrogens (tertiary/aromatic N) is 2. The number of hydrogen-bond donors (Lipinski definition) is 0. The van der Waals surface area contributed by atoms with E-state index in [1.165, 1.54) is 31.7 Å². The monoisotopic (exact) mass is 285 g/mol. The van der Waals surface area contributed by atoms with Gasteiger partial charge in [-0.3, -0.25) is 0 Å². The van der Waals surface area contributed by atoms with E-state index in [-0.39, 0.29) is 17.2 Å². The average Bonchev–Trinajstić information content (AvgIpc) is 3.31. The lowest BCUT2D eigenvalue weighted by Crippen LogP contribution is -2.24. The van der Waals surface area contributed by atoms with Crippen LogP contribution in [0, 0.1) is 0 Å². The van der Waals surface area contributed by atoms with Gasteiger partial charge in [-0.05, 0) is 36.5 Å². The summed E-state index contributed by atoms with van der Waals surface area (Å²) in [6.07, 6.45) is 3.59. The van der Waals surface area contributed by atoms with Gasteiger partial charge in [-0.25, -0.2) is 0 Å². The zero-order valence-corrected chi connectivity index (χ0v) is 11.4. The van der Waals surface area contributed by atoms with Gasteiger partial charge in [0.2, 0.25) is 5.88 Å². The van der Waals surface area contributed by atoms with Crippen LogP contribution < -0.4 is 14.6 Å². The lowest BCUT2D eigenvalue weighted by atomic mass is 10.1. The van der Waals surface area contributed by atoms with Gasteiger partial charge in [-0.1, -0.05) is 12.1 Å². The van der Waals surface area contributed by atoms with Crippen LogP contribution in [0.5, 0.6) is 17.4 Å². The highest BCUT2D eigenvalue weighted by Gasteiger charge is 2.24. The molecule has 1 heterocycles. The van der Waals surface area contributed by atoms with Gasteiger partial charge in [0, 0.05) is 0 Å². The number of aromatic nitrogens is 2. The van der Waals surface area contributed by atoms with Crippen molar-refractivity contribution in [1.29, 1.82) is 0 Å². The number of carboxylic acid groups (broad SMARTS) is 1. The maximum atomic E-state index is 11.2. The molecule has 0 unspecified atom stereocenters. The highest BCUT2D eigenvalue weighted by molar-refractivity contribution is 5.91. The second-order valence-electron chi connectivity index (χ2n) is 4.83. The summed E-state index contributed by atoms with van der Waals surface area (Å²) in [7, 11) is 1.31. The van der Waals surface area contributed by atoms with E-state index in [9.17, 15) is 9.90 Å². The van der Waals surface area contributed by atoms with Crippen LogP contribution in [0.4, 0.5) is 0 Å². The summed E-state index contributed by atoms with van der Waals surface area (Å²) >= 11 is 0.